The Morgan fingerprint density at radius 1 is 1.28 bits per heavy atom. The molecule has 0 unspecified atom stereocenters. The van der Waals surface area contributed by atoms with E-state index in [4.69, 9.17) is 16.7 Å². The molecule has 0 fully saturated rings. The molecule has 0 heterocycles. The van der Waals surface area contributed by atoms with Crippen LogP contribution in [0.4, 0.5) is 5.69 Å². The molecule has 0 bridgehead atoms. The third kappa shape index (κ3) is 3.37. The molecule has 0 saturated carbocycles. The zero-order valence-electron chi connectivity index (χ0n) is 10.5. The van der Waals surface area contributed by atoms with Crippen LogP contribution in [0.3, 0.4) is 0 Å². The van der Waals surface area contributed by atoms with Crippen molar-refractivity contribution < 1.29 is 14.7 Å². The molecule has 6 heteroatoms. The van der Waals surface area contributed by atoms with Gasteiger partial charge in [0.2, 0.25) is 5.91 Å². The van der Waals surface area contributed by atoms with E-state index in [1.807, 2.05) is 0 Å². The summed E-state index contributed by atoms with van der Waals surface area (Å²) in [6, 6.07) is 4.56. The number of likely N-dealkylation sites (N-methyl/N-ethyl adjacent to an activating group) is 2. The van der Waals surface area contributed by atoms with Crippen LogP contribution in [-0.4, -0.2) is 49.6 Å². The molecule has 0 saturated heterocycles. The van der Waals surface area contributed by atoms with Crippen molar-refractivity contribution in [2.24, 2.45) is 0 Å². The number of benzene rings is 1. The molecule has 0 spiro atoms. The Hall–Kier alpha value is -1.75. The highest BCUT2D eigenvalue weighted by atomic mass is 35.5. The second-order valence-electron chi connectivity index (χ2n) is 4.11. The van der Waals surface area contributed by atoms with Gasteiger partial charge in [-0.3, -0.25) is 4.79 Å². The summed E-state index contributed by atoms with van der Waals surface area (Å²) in [5.74, 6) is -1.18. The van der Waals surface area contributed by atoms with Gasteiger partial charge in [-0.15, -0.1) is 0 Å². The van der Waals surface area contributed by atoms with E-state index in [1.165, 1.54) is 11.0 Å². The van der Waals surface area contributed by atoms with Crippen LogP contribution in [0.1, 0.15) is 10.4 Å². The number of nitrogens with zero attached hydrogens (tertiary/aromatic N) is 2. The van der Waals surface area contributed by atoms with Gasteiger partial charge >= 0.3 is 5.97 Å². The van der Waals surface area contributed by atoms with E-state index < -0.39 is 5.97 Å². The van der Waals surface area contributed by atoms with E-state index in [1.54, 1.807) is 38.2 Å². The van der Waals surface area contributed by atoms with Crippen LogP contribution in [-0.2, 0) is 4.79 Å². The van der Waals surface area contributed by atoms with Gasteiger partial charge in [-0.2, -0.15) is 0 Å². The van der Waals surface area contributed by atoms with Crippen LogP contribution in [0.25, 0.3) is 0 Å². The van der Waals surface area contributed by atoms with Crippen LogP contribution in [0.2, 0.25) is 5.02 Å². The van der Waals surface area contributed by atoms with Crippen LogP contribution in [0, 0.1) is 0 Å². The van der Waals surface area contributed by atoms with Crippen LogP contribution < -0.4 is 4.90 Å². The molecule has 1 rings (SSSR count). The summed E-state index contributed by atoms with van der Waals surface area (Å²) in [7, 11) is 4.96. The topological polar surface area (TPSA) is 60.9 Å². The number of carboxylic acids is 1. The molecule has 0 atom stereocenters. The van der Waals surface area contributed by atoms with Gasteiger partial charge in [-0.1, -0.05) is 11.6 Å². The Labute approximate surface area is 111 Å². The smallest absolute Gasteiger partial charge is 0.337 e. The monoisotopic (exact) mass is 270 g/mol. The summed E-state index contributed by atoms with van der Waals surface area (Å²) < 4.78 is 0. The summed E-state index contributed by atoms with van der Waals surface area (Å²) in [6.45, 7) is 0.106. The fraction of sp³-hybridized carbons (Fsp3) is 0.333. The van der Waals surface area contributed by atoms with Crippen molar-refractivity contribution in [2.45, 2.75) is 0 Å². The third-order valence-corrected chi connectivity index (χ3v) is 2.71. The summed E-state index contributed by atoms with van der Waals surface area (Å²) in [6.07, 6.45) is 0. The first kappa shape index (κ1) is 14.3. The standard InChI is InChI=1S/C12H15ClN2O3/c1-14(2)11(16)7-15(3)10-5-4-8(13)6-9(10)12(17)18/h4-6H,7H2,1-3H3,(H,17,18). The number of halogens is 1. The normalized spacial score (nSPS) is 10.0. The molecule has 1 aromatic carbocycles. The lowest BCUT2D eigenvalue weighted by molar-refractivity contribution is -0.127. The number of anilines is 1. The van der Waals surface area contributed by atoms with Crippen LogP contribution >= 0.6 is 11.6 Å². The molecule has 0 radical (unpaired) electrons. The Balaban J connectivity index is 3.02. The minimum atomic E-state index is -1.07. The van der Waals surface area contributed by atoms with E-state index >= 15 is 0 Å². The highest BCUT2D eigenvalue weighted by molar-refractivity contribution is 6.31. The van der Waals surface area contributed by atoms with Gasteiger partial charge in [0.05, 0.1) is 17.8 Å². The molecule has 1 amide bonds. The molecular weight excluding hydrogens is 256 g/mol. The van der Waals surface area contributed by atoms with E-state index in [0.717, 1.165) is 0 Å². The van der Waals surface area contributed by atoms with Gasteiger partial charge in [0.25, 0.3) is 0 Å². The van der Waals surface area contributed by atoms with Crippen molar-refractivity contribution in [3.05, 3.63) is 28.8 Å². The van der Waals surface area contributed by atoms with Crippen molar-refractivity contribution in [1.29, 1.82) is 0 Å². The van der Waals surface area contributed by atoms with Crippen molar-refractivity contribution in [1.82, 2.24) is 4.90 Å². The average molecular weight is 271 g/mol. The van der Waals surface area contributed by atoms with Crippen molar-refractivity contribution in [2.75, 3.05) is 32.6 Å². The predicted molar refractivity (Wildman–Crippen MR) is 70.4 cm³/mol. The number of carbonyl (C=O) groups excluding carboxylic acids is 1. The molecule has 1 aromatic rings. The van der Waals surface area contributed by atoms with E-state index in [-0.39, 0.29) is 18.0 Å². The molecule has 0 aliphatic rings. The predicted octanol–water partition coefficient (Wildman–Crippen LogP) is 1.56. The first-order valence-corrected chi connectivity index (χ1v) is 5.65. The van der Waals surface area contributed by atoms with Gasteiger partial charge < -0.3 is 14.9 Å². The molecular formula is C12H15ClN2O3. The van der Waals surface area contributed by atoms with Crippen molar-refractivity contribution >= 4 is 29.2 Å². The largest absolute Gasteiger partial charge is 0.478 e. The summed E-state index contributed by atoms with van der Waals surface area (Å²) in [5, 5.41) is 9.45. The molecule has 1 N–H and O–H groups in total. The van der Waals surface area contributed by atoms with E-state index in [2.05, 4.69) is 0 Å². The minimum absolute atomic E-state index is 0.0801. The van der Waals surface area contributed by atoms with Gasteiger partial charge in [-0.25, -0.2) is 4.79 Å². The Morgan fingerprint density at radius 3 is 2.39 bits per heavy atom. The van der Waals surface area contributed by atoms with Crippen LogP contribution in [0.15, 0.2) is 18.2 Å². The van der Waals surface area contributed by atoms with Gasteiger partial charge in [-0.05, 0) is 18.2 Å². The van der Waals surface area contributed by atoms with Gasteiger partial charge in [0.1, 0.15) is 0 Å². The molecule has 0 aliphatic heterocycles. The molecule has 5 nitrogen and oxygen atoms in total. The lowest BCUT2D eigenvalue weighted by Crippen LogP contribution is -2.35. The molecule has 0 aliphatic carbocycles. The Morgan fingerprint density at radius 2 is 1.89 bits per heavy atom. The molecule has 0 aromatic heterocycles. The number of carbonyl (C=O) groups is 2. The highest BCUT2D eigenvalue weighted by Crippen LogP contribution is 2.23. The zero-order valence-corrected chi connectivity index (χ0v) is 11.2. The lowest BCUT2D eigenvalue weighted by Gasteiger charge is -2.22. The number of hydrogen-bond acceptors (Lipinski definition) is 3. The Bertz CT molecular complexity index is 474. The summed E-state index contributed by atoms with van der Waals surface area (Å²) in [5.41, 5.74) is 0.540. The van der Waals surface area contributed by atoms with Crippen molar-refractivity contribution in [3.8, 4) is 0 Å². The fourth-order valence-corrected chi connectivity index (χ4v) is 1.61. The lowest BCUT2D eigenvalue weighted by atomic mass is 10.1. The maximum Gasteiger partial charge on any atom is 0.337 e. The van der Waals surface area contributed by atoms with Crippen LogP contribution in [0.5, 0.6) is 0 Å². The number of amides is 1. The van der Waals surface area contributed by atoms with Gasteiger partial charge in [0.15, 0.2) is 0 Å². The number of rotatable bonds is 4. The first-order chi connectivity index (χ1) is 8.32. The van der Waals surface area contributed by atoms with Crippen molar-refractivity contribution in [3.63, 3.8) is 0 Å². The zero-order chi connectivity index (χ0) is 13.9. The quantitative estimate of drug-likeness (QED) is 0.902. The van der Waals surface area contributed by atoms with E-state index in [9.17, 15) is 9.59 Å². The van der Waals surface area contributed by atoms with Gasteiger partial charge in [0, 0.05) is 26.2 Å². The SMILES string of the molecule is CN(C)C(=O)CN(C)c1ccc(Cl)cc1C(=O)O. The summed E-state index contributed by atoms with van der Waals surface area (Å²) in [4.78, 5) is 25.7. The minimum Gasteiger partial charge on any atom is -0.478 e. The second-order valence-corrected chi connectivity index (χ2v) is 4.55. The molecule has 18 heavy (non-hydrogen) atoms. The fourth-order valence-electron chi connectivity index (χ4n) is 1.44. The third-order valence-electron chi connectivity index (χ3n) is 2.47. The average Bonchev–Trinajstić information content (AvgIpc) is 2.28. The number of aromatic carboxylic acids is 1. The maximum absolute atomic E-state index is 11.6. The van der Waals surface area contributed by atoms with E-state index in [0.29, 0.717) is 10.7 Å². The maximum atomic E-state index is 11.6. The Kier molecular flexibility index (Phi) is 4.55. The second kappa shape index (κ2) is 5.73. The number of carboxylic acid groups (broad SMARTS) is 1. The first-order valence-electron chi connectivity index (χ1n) is 5.27. The number of hydrogen-bond donors (Lipinski definition) is 1. The highest BCUT2D eigenvalue weighted by Gasteiger charge is 2.16. The summed E-state index contributed by atoms with van der Waals surface area (Å²) >= 11 is 5.76. The molecule has 98 valence electrons.